The fourth-order valence-corrected chi connectivity index (χ4v) is 4.06. The maximum Gasteiger partial charge on any atom is 0.332 e. The molecule has 0 aliphatic rings. The highest BCUT2D eigenvalue weighted by Crippen LogP contribution is 2.22. The standard InChI is InChI=1S/C27H54O4/c1-4-6-8-10-12-13-15-17-20-26(19-16-14-11-9-7-5-2)21-24-31-27(28)25-30-23-18-22-29-3/h26H,4-25H2,1-3H3. The Hall–Kier alpha value is -0.610. The van der Waals surface area contributed by atoms with Crippen molar-refractivity contribution in [2.45, 2.75) is 129 Å². The van der Waals surface area contributed by atoms with Gasteiger partial charge in [-0.1, -0.05) is 117 Å². The first-order chi connectivity index (χ1) is 15.2. The van der Waals surface area contributed by atoms with Crippen LogP contribution in [0.3, 0.4) is 0 Å². The van der Waals surface area contributed by atoms with Crippen LogP contribution < -0.4 is 0 Å². The van der Waals surface area contributed by atoms with Crippen molar-refractivity contribution < 1.29 is 19.0 Å². The average molecular weight is 443 g/mol. The molecule has 1 atom stereocenters. The van der Waals surface area contributed by atoms with E-state index in [1.54, 1.807) is 7.11 Å². The molecule has 31 heavy (non-hydrogen) atoms. The van der Waals surface area contributed by atoms with Crippen molar-refractivity contribution in [3.63, 3.8) is 0 Å². The summed E-state index contributed by atoms with van der Waals surface area (Å²) in [5, 5.41) is 0. The zero-order valence-electron chi connectivity index (χ0n) is 21.3. The highest BCUT2D eigenvalue weighted by molar-refractivity contribution is 5.70. The van der Waals surface area contributed by atoms with Gasteiger partial charge in [0.2, 0.25) is 0 Å². The summed E-state index contributed by atoms with van der Waals surface area (Å²) in [7, 11) is 1.67. The second kappa shape index (κ2) is 25.6. The minimum atomic E-state index is -0.234. The topological polar surface area (TPSA) is 44.8 Å². The molecule has 1 unspecified atom stereocenters. The van der Waals surface area contributed by atoms with E-state index in [9.17, 15) is 4.79 Å². The molecule has 0 spiro atoms. The second-order valence-corrected chi connectivity index (χ2v) is 9.09. The third-order valence-corrected chi connectivity index (χ3v) is 6.08. The summed E-state index contributed by atoms with van der Waals surface area (Å²) in [6.45, 7) is 6.35. The molecule has 0 N–H and O–H groups in total. The van der Waals surface area contributed by atoms with Crippen LogP contribution in [0.15, 0.2) is 0 Å². The summed E-state index contributed by atoms with van der Waals surface area (Å²) in [4.78, 5) is 11.8. The van der Waals surface area contributed by atoms with E-state index >= 15 is 0 Å². The van der Waals surface area contributed by atoms with Crippen molar-refractivity contribution in [2.24, 2.45) is 5.92 Å². The number of hydrogen-bond acceptors (Lipinski definition) is 4. The summed E-state index contributed by atoms with van der Waals surface area (Å²) in [6, 6.07) is 0. The van der Waals surface area contributed by atoms with Crippen molar-refractivity contribution in [1.82, 2.24) is 0 Å². The molecular formula is C27H54O4. The number of carbonyl (C=O) groups is 1. The van der Waals surface area contributed by atoms with Crippen LogP contribution in [0.4, 0.5) is 0 Å². The molecule has 0 aliphatic carbocycles. The van der Waals surface area contributed by atoms with Crippen LogP contribution >= 0.6 is 0 Å². The number of methoxy groups -OCH3 is 1. The van der Waals surface area contributed by atoms with E-state index < -0.39 is 0 Å². The van der Waals surface area contributed by atoms with Crippen LogP contribution in [0.1, 0.15) is 129 Å². The third-order valence-electron chi connectivity index (χ3n) is 6.08. The van der Waals surface area contributed by atoms with Crippen molar-refractivity contribution in [3.8, 4) is 0 Å². The molecule has 0 aliphatic heterocycles. The molecule has 0 saturated heterocycles. The van der Waals surface area contributed by atoms with Gasteiger partial charge in [-0.3, -0.25) is 0 Å². The van der Waals surface area contributed by atoms with E-state index in [2.05, 4.69) is 13.8 Å². The van der Waals surface area contributed by atoms with Crippen LogP contribution in [0, 0.1) is 5.92 Å². The summed E-state index contributed by atoms with van der Waals surface area (Å²) in [5.74, 6) is 0.462. The molecule has 0 aromatic carbocycles. The van der Waals surface area contributed by atoms with Crippen molar-refractivity contribution in [1.29, 1.82) is 0 Å². The zero-order chi connectivity index (χ0) is 22.8. The summed E-state index contributed by atoms with van der Waals surface area (Å²) in [5.41, 5.74) is 0. The molecule has 0 bridgehead atoms. The van der Waals surface area contributed by atoms with Crippen molar-refractivity contribution in [3.05, 3.63) is 0 Å². The Bertz CT molecular complexity index is 359. The SMILES string of the molecule is CCCCCCCCCCC(CCCCCCCC)CCOC(=O)COCCCOC. The quantitative estimate of drug-likeness (QED) is 0.107. The molecule has 0 amide bonds. The molecule has 0 aromatic rings. The zero-order valence-corrected chi connectivity index (χ0v) is 21.3. The van der Waals surface area contributed by atoms with Gasteiger partial charge in [-0.15, -0.1) is 0 Å². The molecule has 0 heterocycles. The maximum atomic E-state index is 11.8. The van der Waals surface area contributed by atoms with Gasteiger partial charge in [0, 0.05) is 20.3 Å². The Balaban J connectivity index is 3.95. The van der Waals surface area contributed by atoms with E-state index in [1.165, 1.54) is 103 Å². The summed E-state index contributed by atoms with van der Waals surface area (Å²) < 4.78 is 15.7. The van der Waals surface area contributed by atoms with Crippen molar-refractivity contribution >= 4 is 5.97 Å². The van der Waals surface area contributed by atoms with Gasteiger partial charge in [0.05, 0.1) is 6.61 Å². The summed E-state index contributed by atoms with van der Waals surface area (Å²) >= 11 is 0. The maximum absolute atomic E-state index is 11.8. The van der Waals surface area contributed by atoms with E-state index in [4.69, 9.17) is 14.2 Å². The number of hydrogen-bond donors (Lipinski definition) is 0. The molecular weight excluding hydrogens is 388 g/mol. The van der Waals surface area contributed by atoms with Crippen LogP contribution in [-0.4, -0.2) is 39.5 Å². The van der Waals surface area contributed by atoms with Gasteiger partial charge in [0.1, 0.15) is 6.61 Å². The van der Waals surface area contributed by atoms with E-state index in [0.717, 1.165) is 12.8 Å². The fraction of sp³-hybridized carbons (Fsp3) is 0.963. The Morgan fingerprint density at radius 2 is 1.13 bits per heavy atom. The number of unbranched alkanes of at least 4 members (excludes halogenated alkanes) is 12. The number of carbonyl (C=O) groups excluding carboxylic acids is 1. The Labute approximate surface area is 194 Å². The normalized spacial score (nSPS) is 12.2. The largest absolute Gasteiger partial charge is 0.464 e. The smallest absolute Gasteiger partial charge is 0.332 e. The van der Waals surface area contributed by atoms with Crippen LogP contribution in [0.5, 0.6) is 0 Å². The fourth-order valence-electron chi connectivity index (χ4n) is 4.06. The first-order valence-electron chi connectivity index (χ1n) is 13.5. The van der Waals surface area contributed by atoms with Gasteiger partial charge in [-0.05, 0) is 18.8 Å². The highest BCUT2D eigenvalue weighted by Gasteiger charge is 2.11. The van der Waals surface area contributed by atoms with Crippen molar-refractivity contribution in [2.75, 3.05) is 33.5 Å². The van der Waals surface area contributed by atoms with Gasteiger partial charge >= 0.3 is 5.97 Å². The molecule has 186 valence electrons. The van der Waals surface area contributed by atoms with Gasteiger partial charge < -0.3 is 14.2 Å². The molecule has 4 heteroatoms. The van der Waals surface area contributed by atoms with Crippen LogP contribution in [0.25, 0.3) is 0 Å². The van der Waals surface area contributed by atoms with E-state index in [1.807, 2.05) is 0 Å². The molecule has 0 rings (SSSR count). The lowest BCUT2D eigenvalue weighted by Crippen LogP contribution is -2.16. The lowest BCUT2D eigenvalue weighted by molar-refractivity contribution is -0.149. The van der Waals surface area contributed by atoms with Gasteiger partial charge in [0.15, 0.2) is 0 Å². The van der Waals surface area contributed by atoms with Gasteiger partial charge in [-0.2, -0.15) is 0 Å². The Kier molecular flexibility index (Phi) is 25.1. The highest BCUT2D eigenvalue weighted by atomic mass is 16.6. The Morgan fingerprint density at radius 1 is 0.613 bits per heavy atom. The second-order valence-electron chi connectivity index (χ2n) is 9.09. The predicted octanol–water partition coefficient (Wildman–Crippen LogP) is 7.87. The Morgan fingerprint density at radius 3 is 1.65 bits per heavy atom. The molecule has 0 aromatic heterocycles. The van der Waals surface area contributed by atoms with E-state index in [0.29, 0.717) is 25.7 Å². The third kappa shape index (κ3) is 23.9. The molecule has 4 nitrogen and oxygen atoms in total. The van der Waals surface area contributed by atoms with Gasteiger partial charge in [0.25, 0.3) is 0 Å². The summed E-state index contributed by atoms with van der Waals surface area (Å²) in [6.07, 6.45) is 23.4. The van der Waals surface area contributed by atoms with Crippen LogP contribution in [0.2, 0.25) is 0 Å². The van der Waals surface area contributed by atoms with Gasteiger partial charge in [-0.25, -0.2) is 4.79 Å². The monoisotopic (exact) mass is 442 g/mol. The first-order valence-corrected chi connectivity index (χ1v) is 13.5. The molecule has 0 fully saturated rings. The minimum absolute atomic E-state index is 0.0594. The lowest BCUT2D eigenvalue weighted by Gasteiger charge is -2.17. The number of esters is 1. The lowest BCUT2D eigenvalue weighted by atomic mass is 9.91. The first kappa shape index (κ1) is 30.4. The molecule has 0 saturated carbocycles. The number of ether oxygens (including phenoxy) is 3. The number of rotatable bonds is 25. The van der Waals surface area contributed by atoms with E-state index in [-0.39, 0.29) is 12.6 Å². The average Bonchev–Trinajstić information content (AvgIpc) is 2.77. The predicted molar refractivity (Wildman–Crippen MR) is 132 cm³/mol. The van der Waals surface area contributed by atoms with Crippen LogP contribution in [-0.2, 0) is 19.0 Å². The minimum Gasteiger partial charge on any atom is -0.464 e. The molecule has 0 radical (unpaired) electrons.